The Morgan fingerprint density at radius 2 is 1.83 bits per heavy atom. The average Bonchev–Trinajstić information content (AvgIpc) is 3.06. The van der Waals surface area contributed by atoms with Gasteiger partial charge in [-0.05, 0) is 50.1 Å². The molecule has 1 heterocycles. The van der Waals surface area contributed by atoms with Crippen LogP contribution in [-0.4, -0.2) is 40.0 Å². The topological polar surface area (TPSA) is 108 Å². The van der Waals surface area contributed by atoms with E-state index in [0.717, 1.165) is 5.56 Å². The molecule has 0 bridgehead atoms. The van der Waals surface area contributed by atoms with Crippen LogP contribution in [0.1, 0.15) is 23.1 Å². The van der Waals surface area contributed by atoms with E-state index in [1.165, 1.54) is 0 Å². The molecule has 3 amide bonds. The van der Waals surface area contributed by atoms with Crippen LogP contribution in [0.15, 0.2) is 41.3 Å². The first kappa shape index (κ1) is 21.8. The molecule has 1 fully saturated rings. The van der Waals surface area contributed by atoms with Crippen LogP contribution >= 0.6 is 0 Å². The quantitative estimate of drug-likeness (QED) is 0.627. The predicted molar refractivity (Wildman–Crippen MR) is 116 cm³/mol. The zero-order valence-corrected chi connectivity index (χ0v) is 18.1. The lowest BCUT2D eigenvalue weighted by molar-refractivity contribution is -0.116. The highest BCUT2D eigenvalue weighted by molar-refractivity contribution is 7.89. The number of rotatable bonds is 7. The third-order valence-electron chi connectivity index (χ3n) is 4.82. The van der Waals surface area contributed by atoms with E-state index in [-0.39, 0.29) is 29.8 Å². The van der Waals surface area contributed by atoms with Crippen LogP contribution < -0.4 is 20.3 Å². The Bertz CT molecular complexity index is 1060. The van der Waals surface area contributed by atoms with Crippen molar-refractivity contribution >= 4 is 33.3 Å². The summed E-state index contributed by atoms with van der Waals surface area (Å²) >= 11 is 0. The van der Waals surface area contributed by atoms with Crippen molar-refractivity contribution in [2.45, 2.75) is 32.1 Å². The van der Waals surface area contributed by atoms with Crippen LogP contribution in [0.3, 0.4) is 0 Å². The van der Waals surface area contributed by atoms with Gasteiger partial charge in [0.15, 0.2) is 0 Å². The molecular weight excluding hydrogens is 404 g/mol. The van der Waals surface area contributed by atoms with Gasteiger partial charge in [0.25, 0.3) is 0 Å². The van der Waals surface area contributed by atoms with Crippen LogP contribution in [0.2, 0.25) is 0 Å². The van der Waals surface area contributed by atoms with Gasteiger partial charge in [-0.25, -0.2) is 17.9 Å². The smallest absolute Gasteiger partial charge is 0.321 e. The highest BCUT2D eigenvalue weighted by Crippen LogP contribution is 2.22. The van der Waals surface area contributed by atoms with E-state index in [0.29, 0.717) is 35.6 Å². The Morgan fingerprint density at radius 1 is 1.13 bits per heavy atom. The number of hydrogen-bond donors (Lipinski definition) is 3. The van der Waals surface area contributed by atoms with Crippen LogP contribution in [0.25, 0.3) is 0 Å². The van der Waals surface area contributed by atoms with E-state index in [2.05, 4.69) is 15.4 Å². The van der Waals surface area contributed by atoms with Crippen molar-refractivity contribution in [3.63, 3.8) is 0 Å². The fourth-order valence-electron chi connectivity index (χ4n) is 3.65. The first-order valence-corrected chi connectivity index (χ1v) is 11.2. The second-order valence-corrected chi connectivity index (χ2v) is 9.06. The lowest BCUT2D eigenvalue weighted by atomic mass is 10.1. The van der Waals surface area contributed by atoms with E-state index in [1.54, 1.807) is 43.0 Å². The van der Waals surface area contributed by atoms with Crippen molar-refractivity contribution in [1.82, 2.24) is 10.0 Å². The zero-order valence-electron chi connectivity index (χ0n) is 17.3. The molecule has 2 aromatic carbocycles. The molecule has 0 saturated carbocycles. The molecule has 3 rings (SSSR count). The molecule has 30 heavy (non-hydrogen) atoms. The number of nitrogens with zero attached hydrogens (tertiary/aromatic N) is 1. The molecule has 1 aliphatic heterocycles. The van der Waals surface area contributed by atoms with E-state index in [9.17, 15) is 18.0 Å². The van der Waals surface area contributed by atoms with Crippen molar-refractivity contribution in [1.29, 1.82) is 0 Å². The molecule has 160 valence electrons. The zero-order chi connectivity index (χ0) is 21.9. The van der Waals surface area contributed by atoms with E-state index >= 15 is 0 Å². The number of carbonyl (C=O) groups is 2. The summed E-state index contributed by atoms with van der Waals surface area (Å²) in [6, 6.07) is 10.5. The summed E-state index contributed by atoms with van der Waals surface area (Å²) < 4.78 is 27.8. The van der Waals surface area contributed by atoms with Gasteiger partial charge in [0.2, 0.25) is 15.9 Å². The first-order chi connectivity index (χ1) is 14.2. The number of amides is 3. The number of carbonyl (C=O) groups excluding carboxylic acids is 2. The van der Waals surface area contributed by atoms with E-state index in [1.807, 2.05) is 19.1 Å². The first-order valence-electron chi connectivity index (χ1n) is 9.70. The van der Waals surface area contributed by atoms with Crippen LogP contribution in [0.4, 0.5) is 16.2 Å². The summed E-state index contributed by atoms with van der Waals surface area (Å²) in [6.07, 6.45) is -0.0163. The standard InChI is InChI=1S/C21H26N4O4S/c1-14-11-15(2)20(16(3)12-14)30(28,29)23-8-7-19(26)24-17-5-4-6-18(13-17)25-10-9-22-21(25)27/h4-6,11-13,23H,7-10H2,1-3H3,(H,22,27)(H,24,26). The van der Waals surface area contributed by atoms with Crippen molar-refractivity contribution in [3.8, 4) is 0 Å². The average molecular weight is 431 g/mol. The Labute approximate surface area is 176 Å². The summed E-state index contributed by atoms with van der Waals surface area (Å²) in [5.41, 5.74) is 3.58. The minimum atomic E-state index is -3.71. The molecule has 2 aromatic rings. The second kappa shape index (κ2) is 8.85. The van der Waals surface area contributed by atoms with Crippen molar-refractivity contribution in [3.05, 3.63) is 53.1 Å². The van der Waals surface area contributed by atoms with Crippen molar-refractivity contribution < 1.29 is 18.0 Å². The summed E-state index contributed by atoms with van der Waals surface area (Å²) in [4.78, 5) is 25.9. The van der Waals surface area contributed by atoms with Gasteiger partial charge in [-0.3, -0.25) is 9.69 Å². The number of nitrogens with one attached hydrogen (secondary N) is 3. The van der Waals surface area contributed by atoms with E-state index < -0.39 is 10.0 Å². The number of aryl methyl sites for hydroxylation is 3. The van der Waals surface area contributed by atoms with Gasteiger partial charge >= 0.3 is 6.03 Å². The highest BCUT2D eigenvalue weighted by atomic mass is 32.2. The van der Waals surface area contributed by atoms with Crippen LogP contribution in [-0.2, 0) is 14.8 Å². The van der Waals surface area contributed by atoms with Crippen molar-refractivity contribution in [2.75, 3.05) is 29.9 Å². The molecule has 9 heteroatoms. The summed E-state index contributed by atoms with van der Waals surface area (Å²) in [7, 11) is -3.71. The van der Waals surface area contributed by atoms with Crippen LogP contribution in [0.5, 0.6) is 0 Å². The minimum absolute atomic E-state index is 0.0163. The Kier molecular flexibility index (Phi) is 6.42. The Morgan fingerprint density at radius 3 is 2.47 bits per heavy atom. The normalized spacial score (nSPS) is 14.0. The maximum atomic E-state index is 12.7. The Hall–Kier alpha value is -2.91. The fraction of sp³-hybridized carbons (Fsp3) is 0.333. The molecular formula is C21H26N4O4S. The highest BCUT2D eigenvalue weighted by Gasteiger charge is 2.22. The molecule has 0 radical (unpaired) electrons. The van der Waals surface area contributed by atoms with Gasteiger partial charge in [-0.2, -0.15) is 0 Å². The largest absolute Gasteiger partial charge is 0.336 e. The number of anilines is 2. The molecule has 0 aromatic heterocycles. The molecule has 8 nitrogen and oxygen atoms in total. The van der Waals surface area contributed by atoms with Gasteiger partial charge in [-0.1, -0.05) is 23.8 Å². The molecule has 0 atom stereocenters. The molecule has 3 N–H and O–H groups in total. The fourth-order valence-corrected chi connectivity index (χ4v) is 5.14. The van der Waals surface area contributed by atoms with Gasteiger partial charge < -0.3 is 10.6 Å². The summed E-state index contributed by atoms with van der Waals surface area (Å²) in [5.74, 6) is -0.321. The van der Waals surface area contributed by atoms with Gasteiger partial charge in [-0.15, -0.1) is 0 Å². The number of hydrogen-bond acceptors (Lipinski definition) is 4. The second-order valence-electron chi connectivity index (χ2n) is 7.36. The molecule has 1 saturated heterocycles. The lowest BCUT2D eigenvalue weighted by Gasteiger charge is -2.15. The maximum Gasteiger partial charge on any atom is 0.321 e. The van der Waals surface area contributed by atoms with Gasteiger partial charge in [0.1, 0.15) is 0 Å². The molecule has 0 spiro atoms. The number of benzene rings is 2. The number of sulfonamides is 1. The van der Waals surface area contributed by atoms with E-state index in [4.69, 9.17) is 0 Å². The maximum absolute atomic E-state index is 12.7. The predicted octanol–water partition coefficient (Wildman–Crippen LogP) is 2.45. The molecule has 0 unspecified atom stereocenters. The van der Waals surface area contributed by atoms with Crippen LogP contribution in [0, 0.1) is 20.8 Å². The third-order valence-corrected chi connectivity index (χ3v) is 6.58. The monoisotopic (exact) mass is 430 g/mol. The SMILES string of the molecule is Cc1cc(C)c(S(=O)(=O)NCCC(=O)Nc2cccc(N3CCNC3=O)c2)c(C)c1. The summed E-state index contributed by atoms with van der Waals surface area (Å²) in [6.45, 7) is 6.56. The molecule has 1 aliphatic rings. The third kappa shape index (κ3) is 4.98. The molecule has 0 aliphatic carbocycles. The lowest BCUT2D eigenvalue weighted by Crippen LogP contribution is -2.29. The van der Waals surface area contributed by atoms with Gasteiger partial charge in [0, 0.05) is 37.4 Å². The van der Waals surface area contributed by atoms with Gasteiger partial charge in [0.05, 0.1) is 4.90 Å². The minimum Gasteiger partial charge on any atom is -0.336 e. The number of urea groups is 1. The Balaban J connectivity index is 1.58. The summed E-state index contributed by atoms with van der Waals surface area (Å²) in [5, 5.41) is 5.47. The van der Waals surface area contributed by atoms with Crippen molar-refractivity contribution in [2.24, 2.45) is 0 Å².